The van der Waals surface area contributed by atoms with Crippen LogP contribution in [0.1, 0.15) is 51.2 Å². The molecular formula is C24H28F2N4O3. The first-order valence-corrected chi connectivity index (χ1v) is 11.0. The zero-order valence-electron chi connectivity index (χ0n) is 19.1. The summed E-state index contributed by atoms with van der Waals surface area (Å²) in [6, 6.07) is 2.42. The fourth-order valence-electron chi connectivity index (χ4n) is 4.21. The molecule has 1 saturated heterocycles. The van der Waals surface area contributed by atoms with Crippen molar-refractivity contribution in [3.63, 3.8) is 0 Å². The molecule has 1 aromatic carbocycles. The van der Waals surface area contributed by atoms with Gasteiger partial charge in [-0.1, -0.05) is 13.8 Å². The molecule has 3 aromatic rings. The lowest BCUT2D eigenvalue weighted by Gasteiger charge is -2.28. The normalized spacial score (nSPS) is 19.3. The van der Waals surface area contributed by atoms with E-state index in [1.165, 1.54) is 12.1 Å². The molecular weight excluding hydrogens is 430 g/mol. The molecule has 0 radical (unpaired) electrons. The summed E-state index contributed by atoms with van der Waals surface area (Å²) in [5, 5.41) is 24.4. The van der Waals surface area contributed by atoms with Crippen molar-refractivity contribution < 1.29 is 23.7 Å². The molecule has 2 aromatic heterocycles. The first-order chi connectivity index (χ1) is 15.6. The number of hydrogen-bond acceptors (Lipinski definition) is 7. The summed E-state index contributed by atoms with van der Waals surface area (Å²) < 4.78 is 35.1. The van der Waals surface area contributed by atoms with Crippen LogP contribution in [-0.4, -0.2) is 50.5 Å². The van der Waals surface area contributed by atoms with Crippen molar-refractivity contribution in [3.8, 4) is 11.3 Å². The molecule has 9 heteroatoms. The van der Waals surface area contributed by atoms with Crippen LogP contribution in [0.2, 0.25) is 0 Å². The maximum Gasteiger partial charge on any atom is 0.223 e. The number of nitrogens with zero attached hydrogens (tertiary/aromatic N) is 3. The summed E-state index contributed by atoms with van der Waals surface area (Å²) in [4.78, 5) is 12.5. The quantitative estimate of drug-likeness (QED) is 0.533. The molecule has 4 rings (SSSR count). The summed E-state index contributed by atoms with van der Waals surface area (Å²) in [5.41, 5.74) is 0.461. The molecule has 2 atom stereocenters. The minimum atomic E-state index is -1.16. The number of aliphatic hydroxyl groups is 2. The highest BCUT2D eigenvalue weighted by molar-refractivity contribution is 5.88. The van der Waals surface area contributed by atoms with Crippen molar-refractivity contribution in [2.45, 2.75) is 57.8 Å². The smallest absolute Gasteiger partial charge is 0.223 e. The van der Waals surface area contributed by atoms with Crippen molar-refractivity contribution in [2.75, 3.05) is 18.5 Å². The van der Waals surface area contributed by atoms with Gasteiger partial charge >= 0.3 is 0 Å². The molecule has 0 unspecified atom stereocenters. The van der Waals surface area contributed by atoms with Crippen LogP contribution in [-0.2, 0) is 10.3 Å². The monoisotopic (exact) mass is 458 g/mol. The van der Waals surface area contributed by atoms with Gasteiger partial charge in [0.05, 0.1) is 36.1 Å². The average Bonchev–Trinajstić information content (AvgIpc) is 2.74. The Hall–Kier alpha value is -2.75. The number of hydrogen-bond donors (Lipinski definition) is 3. The Morgan fingerprint density at radius 1 is 1.15 bits per heavy atom. The van der Waals surface area contributed by atoms with Gasteiger partial charge in [-0.2, -0.15) is 0 Å². The molecule has 1 aliphatic rings. The Morgan fingerprint density at radius 3 is 2.58 bits per heavy atom. The Labute approximate surface area is 190 Å². The van der Waals surface area contributed by atoms with E-state index in [-0.39, 0.29) is 35.8 Å². The summed E-state index contributed by atoms with van der Waals surface area (Å²) in [6.45, 7) is 7.92. The first-order valence-electron chi connectivity index (χ1n) is 11.0. The highest BCUT2D eigenvalue weighted by Crippen LogP contribution is 2.37. The van der Waals surface area contributed by atoms with Gasteiger partial charge in [0.2, 0.25) is 5.95 Å². The van der Waals surface area contributed by atoms with Crippen LogP contribution in [0.5, 0.6) is 0 Å². The topological polar surface area (TPSA) is 100 Å². The predicted octanol–water partition coefficient (Wildman–Crippen LogP) is 3.88. The van der Waals surface area contributed by atoms with Gasteiger partial charge in [0, 0.05) is 35.4 Å². The third-order valence-corrected chi connectivity index (χ3v) is 5.87. The van der Waals surface area contributed by atoms with Gasteiger partial charge in [-0.25, -0.2) is 18.7 Å². The standard InChI is InChI=1S/C24H28F2N4O3/c1-12(2)21-14-7-13(16(25)8-19(14)27-9-15(21)24(3,4)32)22-17(26)10-28-23(30-22)29-18-5-6-33-11-20(18)31/h7-10,12,18,20,31-32H,5-6,11H2,1-4H3,(H,28,29,30)/t18-,20-/m1/s1. The van der Waals surface area contributed by atoms with Gasteiger partial charge in [-0.05, 0) is 37.8 Å². The van der Waals surface area contributed by atoms with Gasteiger partial charge < -0.3 is 20.3 Å². The van der Waals surface area contributed by atoms with Crippen LogP contribution >= 0.6 is 0 Å². The minimum absolute atomic E-state index is 0.00211. The second-order valence-corrected chi connectivity index (χ2v) is 9.22. The van der Waals surface area contributed by atoms with E-state index in [9.17, 15) is 14.6 Å². The highest BCUT2D eigenvalue weighted by atomic mass is 19.1. The van der Waals surface area contributed by atoms with Crippen LogP contribution in [0.15, 0.2) is 24.5 Å². The third kappa shape index (κ3) is 4.66. The molecule has 0 amide bonds. The van der Waals surface area contributed by atoms with Gasteiger partial charge in [-0.3, -0.25) is 4.98 Å². The fraction of sp³-hybridized carbons (Fsp3) is 0.458. The van der Waals surface area contributed by atoms with E-state index < -0.39 is 23.3 Å². The Bertz CT molecular complexity index is 1180. The van der Waals surface area contributed by atoms with E-state index >= 15 is 4.39 Å². The number of ether oxygens (including phenoxy) is 1. The van der Waals surface area contributed by atoms with Crippen molar-refractivity contribution >= 4 is 16.9 Å². The number of benzene rings is 1. The van der Waals surface area contributed by atoms with E-state index in [2.05, 4.69) is 20.3 Å². The Balaban J connectivity index is 1.84. The number of aromatic nitrogens is 3. The molecule has 3 heterocycles. The number of fused-ring (bicyclic) bond motifs is 1. The second-order valence-electron chi connectivity index (χ2n) is 9.22. The van der Waals surface area contributed by atoms with Crippen molar-refractivity contribution in [1.82, 2.24) is 15.0 Å². The molecule has 7 nitrogen and oxygen atoms in total. The lowest BCUT2D eigenvalue weighted by molar-refractivity contribution is -0.0136. The lowest BCUT2D eigenvalue weighted by atomic mass is 9.86. The van der Waals surface area contributed by atoms with Crippen molar-refractivity contribution in [1.29, 1.82) is 0 Å². The summed E-state index contributed by atoms with van der Waals surface area (Å²) >= 11 is 0. The number of halogens is 2. The SMILES string of the molecule is CC(C)c1c(C(C)(C)O)cnc2cc(F)c(-c3nc(N[C@@H]4CCOC[C@H]4O)ncc3F)cc12. The lowest BCUT2D eigenvalue weighted by Crippen LogP contribution is -2.42. The maximum absolute atomic E-state index is 15.1. The predicted molar refractivity (Wildman–Crippen MR) is 121 cm³/mol. The Kier molecular flexibility index (Phi) is 6.30. The van der Waals surface area contributed by atoms with Gasteiger partial charge in [0.15, 0.2) is 5.82 Å². The van der Waals surface area contributed by atoms with Crippen LogP contribution in [0.3, 0.4) is 0 Å². The van der Waals surface area contributed by atoms with E-state index in [4.69, 9.17) is 4.74 Å². The van der Waals surface area contributed by atoms with Crippen LogP contribution in [0.4, 0.5) is 14.7 Å². The van der Waals surface area contributed by atoms with Crippen LogP contribution < -0.4 is 5.32 Å². The van der Waals surface area contributed by atoms with Gasteiger partial charge in [-0.15, -0.1) is 0 Å². The number of anilines is 1. The molecule has 3 N–H and O–H groups in total. The van der Waals surface area contributed by atoms with Crippen molar-refractivity contribution in [3.05, 3.63) is 47.3 Å². The first kappa shape index (κ1) is 23.4. The van der Waals surface area contributed by atoms with Crippen LogP contribution in [0, 0.1) is 11.6 Å². The highest BCUT2D eigenvalue weighted by Gasteiger charge is 2.27. The Morgan fingerprint density at radius 2 is 1.91 bits per heavy atom. The molecule has 1 aliphatic heterocycles. The summed E-state index contributed by atoms with van der Waals surface area (Å²) in [6.07, 6.45) is 2.32. The molecule has 0 bridgehead atoms. The summed E-state index contributed by atoms with van der Waals surface area (Å²) in [7, 11) is 0. The van der Waals surface area contributed by atoms with E-state index in [0.29, 0.717) is 29.5 Å². The molecule has 0 aliphatic carbocycles. The number of pyridine rings is 1. The van der Waals surface area contributed by atoms with Crippen LogP contribution in [0.25, 0.3) is 22.2 Å². The summed E-state index contributed by atoms with van der Waals surface area (Å²) in [5.74, 6) is -1.36. The minimum Gasteiger partial charge on any atom is -0.389 e. The fourth-order valence-corrected chi connectivity index (χ4v) is 4.21. The maximum atomic E-state index is 15.1. The van der Waals surface area contributed by atoms with Crippen molar-refractivity contribution in [2.24, 2.45) is 0 Å². The number of aliphatic hydroxyl groups excluding tert-OH is 1. The molecule has 1 fully saturated rings. The van der Waals surface area contributed by atoms with E-state index in [0.717, 1.165) is 11.8 Å². The van der Waals surface area contributed by atoms with Gasteiger partial charge in [0.25, 0.3) is 0 Å². The molecule has 33 heavy (non-hydrogen) atoms. The molecule has 0 spiro atoms. The number of rotatable bonds is 5. The largest absolute Gasteiger partial charge is 0.389 e. The molecule has 0 saturated carbocycles. The van der Waals surface area contributed by atoms with E-state index in [1.54, 1.807) is 20.0 Å². The molecule has 176 valence electrons. The third-order valence-electron chi connectivity index (χ3n) is 5.87. The average molecular weight is 459 g/mol. The zero-order chi connectivity index (χ0) is 23.9. The van der Waals surface area contributed by atoms with E-state index in [1.807, 2.05) is 13.8 Å². The number of nitrogens with one attached hydrogen (secondary N) is 1. The zero-order valence-corrected chi connectivity index (χ0v) is 19.1. The second kappa shape index (κ2) is 8.89. The van der Waals surface area contributed by atoms with Gasteiger partial charge in [0.1, 0.15) is 11.5 Å².